The van der Waals surface area contributed by atoms with E-state index in [4.69, 9.17) is 10.5 Å². The van der Waals surface area contributed by atoms with Crippen molar-refractivity contribution in [2.24, 2.45) is 0 Å². The molecule has 2 heterocycles. The van der Waals surface area contributed by atoms with Crippen LogP contribution < -0.4 is 5.73 Å². The lowest BCUT2D eigenvalue weighted by Gasteiger charge is -2.04. The molecule has 0 spiro atoms. The highest BCUT2D eigenvalue weighted by Gasteiger charge is 2.09. The third kappa shape index (κ3) is 3.66. The number of carbonyl (C=O) groups is 1. The average molecular weight is 280 g/mol. The van der Waals surface area contributed by atoms with E-state index in [9.17, 15) is 4.79 Å². The van der Waals surface area contributed by atoms with Crippen molar-refractivity contribution in [3.63, 3.8) is 0 Å². The SMILES string of the molecule is CCOC(=O)c1cncc(-c2ccc(N)cn2)c1.Cl. The molecule has 19 heavy (non-hydrogen) atoms. The molecule has 6 heteroatoms. The first-order valence-electron chi connectivity index (χ1n) is 5.54. The number of esters is 1. The first-order valence-corrected chi connectivity index (χ1v) is 5.54. The molecule has 0 aromatic carbocycles. The van der Waals surface area contributed by atoms with Gasteiger partial charge in [-0.2, -0.15) is 0 Å². The van der Waals surface area contributed by atoms with Crippen molar-refractivity contribution in [2.45, 2.75) is 6.92 Å². The maximum Gasteiger partial charge on any atom is 0.339 e. The smallest absolute Gasteiger partial charge is 0.339 e. The lowest BCUT2D eigenvalue weighted by atomic mass is 10.1. The Morgan fingerprint density at radius 1 is 1.32 bits per heavy atom. The number of rotatable bonds is 3. The minimum atomic E-state index is -0.387. The van der Waals surface area contributed by atoms with Crippen molar-refractivity contribution < 1.29 is 9.53 Å². The minimum Gasteiger partial charge on any atom is -0.462 e. The molecule has 0 unspecified atom stereocenters. The van der Waals surface area contributed by atoms with E-state index in [1.54, 1.807) is 37.5 Å². The van der Waals surface area contributed by atoms with Crippen LogP contribution in [0.5, 0.6) is 0 Å². The number of carbonyl (C=O) groups excluding carboxylic acids is 1. The molecule has 0 aliphatic carbocycles. The molecule has 2 rings (SSSR count). The summed E-state index contributed by atoms with van der Waals surface area (Å²) < 4.78 is 4.92. The summed E-state index contributed by atoms with van der Waals surface area (Å²) >= 11 is 0. The molecule has 100 valence electrons. The van der Waals surface area contributed by atoms with Crippen molar-refractivity contribution in [2.75, 3.05) is 12.3 Å². The normalized spacial score (nSPS) is 9.53. The lowest BCUT2D eigenvalue weighted by molar-refractivity contribution is 0.0526. The number of nitrogen functional groups attached to an aromatic ring is 1. The summed E-state index contributed by atoms with van der Waals surface area (Å²) in [5.74, 6) is -0.387. The second-order valence-corrected chi connectivity index (χ2v) is 3.66. The number of aromatic nitrogens is 2. The Hall–Kier alpha value is -2.14. The van der Waals surface area contributed by atoms with Crippen LogP contribution in [0.3, 0.4) is 0 Å². The molecule has 0 atom stereocenters. The second kappa shape index (κ2) is 6.70. The number of nitrogens with two attached hydrogens (primary N) is 1. The summed E-state index contributed by atoms with van der Waals surface area (Å²) in [7, 11) is 0. The number of hydrogen-bond acceptors (Lipinski definition) is 5. The Morgan fingerprint density at radius 3 is 2.74 bits per heavy atom. The first-order chi connectivity index (χ1) is 8.70. The van der Waals surface area contributed by atoms with Crippen LogP contribution in [0.4, 0.5) is 5.69 Å². The highest BCUT2D eigenvalue weighted by atomic mass is 35.5. The lowest BCUT2D eigenvalue weighted by Crippen LogP contribution is -2.05. The molecule has 0 saturated heterocycles. The van der Waals surface area contributed by atoms with E-state index >= 15 is 0 Å². The molecule has 5 nitrogen and oxygen atoms in total. The summed E-state index contributed by atoms with van der Waals surface area (Å²) in [5.41, 5.74) is 8.03. The third-order valence-electron chi connectivity index (χ3n) is 2.33. The number of anilines is 1. The van der Waals surface area contributed by atoms with Crippen LogP contribution in [0.15, 0.2) is 36.8 Å². The maximum atomic E-state index is 11.6. The first kappa shape index (κ1) is 14.9. The van der Waals surface area contributed by atoms with Gasteiger partial charge in [0, 0.05) is 18.0 Å². The van der Waals surface area contributed by atoms with Gasteiger partial charge in [0.25, 0.3) is 0 Å². The topological polar surface area (TPSA) is 78.1 Å². The van der Waals surface area contributed by atoms with Crippen LogP contribution in [-0.4, -0.2) is 22.5 Å². The van der Waals surface area contributed by atoms with E-state index in [0.717, 1.165) is 5.56 Å². The Labute approximate surface area is 117 Å². The van der Waals surface area contributed by atoms with E-state index in [-0.39, 0.29) is 18.4 Å². The number of halogens is 1. The van der Waals surface area contributed by atoms with E-state index in [1.807, 2.05) is 0 Å². The monoisotopic (exact) mass is 279 g/mol. The fraction of sp³-hybridized carbons (Fsp3) is 0.154. The Kier molecular flexibility index (Phi) is 5.26. The van der Waals surface area contributed by atoms with Crippen molar-refractivity contribution in [1.82, 2.24) is 9.97 Å². The summed E-state index contributed by atoms with van der Waals surface area (Å²) in [6.07, 6.45) is 4.67. The Bertz CT molecular complexity index is 558. The molecule has 2 aromatic heterocycles. The summed E-state index contributed by atoms with van der Waals surface area (Å²) in [5, 5.41) is 0. The van der Waals surface area contributed by atoms with Gasteiger partial charge in [0.2, 0.25) is 0 Å². The molecule has 0 radical (unpaired) electrons. The van der Waals surface area contributed by atoms with Gasteiger partial charge in [0.05, 0.1) is 29.7 Å². The Morgan fingerprint density at radius 2 is 2.11 bits per heavy atom. The van der Waals surface area contributed by atoms with Crippen LogP contribution in [0.1, 0.15) is 17.3 Å². The van der Waals surface area contributed by atoms with E-state index in [1.165, 1.54) is 6.20 Å². The zero-order valence-corrected chi connectivity index (χ0v) is 11.2. The average Bonchev–Trinajstić information content (AvgIpc) is 2.40. The summed E-state index contributed by atoms with van der Waals surface area (Å²) in [6, 6.07) is 5.23. The van der Waals surface area contributed by atoms with Crippen molar-refractivity contribution in [3.05, 3.63) is 42.4 Å². The molecular weight excluding hydrogens is 266 g/mol. The standard InChI is InChI=1S/C13H13N3O2.ClH/c1-2-18-13(17)10-5-9(6-15-7-10)12-4-3-11(14)8-16-12;/h3-8H,2,14H2,1H3;1H. The van der Waals surface area contributed by atoms with E-state index in [2.05, 4.69) is 9.97 Å². The van der Waals surface area contributed by atoms with Gasteiger partial charge in [-0.25, -0.2) is 4.79 Å². The second-order valence-electron chi connectivity index (χ2n) is 3.66. The molecule has 0 amide bonds. The molecule has 0 fully saturated rings. The zero-order chi connectivity index (χ0) is 13.0. The van der Waals surface area contributed by atoms with Crippen LogP contribution >= 0.6 is 12.4 Å². The highest BCUT2D eigenvalue weighted by Crippen LogP contribution is 2.18. The molecule has 2 aromatic rings. The fourth-order valence-electron chi connectivity index (χ4n) is 1.48. The van der Waals surface area contributed by atoms with Gasteiger partial charge in [0.1, 0.15) is 0 Å². The number of nitrogens with zero attached hydrogens (tertiary/aromatic N) is 2. The molecule has 0 aliphatic rings. The number of pyridine rings is 2. The molecule has 2 N–H and O–H groups in total. The van der Waals surface area contributed by atoms with Crippen molar-refractivity contribution in [1.29, 1.82) is 0 Å². The molecule has 0 aliphatic heterocycles. The van der Waals surface area contributed by atoms with Crippen LogP contribution in [-0.2, 0) is 4.74 Å². The van der Waals surface area contributed by atoms with Gasteiger partial charge in [-0.05, 0) is 25.1 Å². The van der Waals surface area contributed by atoms with Crippen molar-refractivity contribution >= 4 is 24.1 Å². The van der Waals surface area contributed by atoms with Gasteiger partial charge in [-0.1, -0.05) is 0 Å². The van der Waals surface area contributed by atoms with Crippen LogP contribution in [0.2, 0.25) is 0 Å². The van der Waals surface area contributed by atoms with Gasteiger partial charge in [-0.15, -0.1) is 12.4 Å². The maximum absolute atomic E-state index is 11.6. The predicted molar refractivity (Wildman–Crippen MR) is 75.1 cm³/mol. The zero-order valence-electron chi connectivity index (χ0n) is 10.4. The van der Waals surface area contributed by atoms with Crippen LogP contribution in [0, 0.1) is 0 Å². The summed E-state index contributed by atoms with van der Waals surface area (Å²) in [6.45, 7) is 2.10. The number of ether oxygens (including phenoxy) is 1. The quantitative estimate of drug-likeness (QED) is 0.873. The number of hydrogen-bond donors (Lipinski definition) is 1. The minimum absolute atomic E-state index is 0. The molecule has 0 bridgehead atoms. The van der Waals surface area contributed by atoms with Crippen molar-refractivity contribution in [3.8, 4) is 11.3 Å². The molecule has 0 saturated carbocycles. The highest BCUT2D eigenvalue weighted by molar-refractivity contribution is 5.90. The van der Waals surface area contributed by atoms with Gasteiger partial charge >= 0.3 is 5.97 Å². The predicted octanol–water partition coefficient (Wildman–Crippen LogP) is 2.32. The summed E-state index contributed by atoms with van der Waals surface area (Å²) in [4.78, 5) is 19.8. The van der Waals surface area contributed by atoms with Crippen LogP contribution in [0.25, 0.3) is 11.3 Å². The third-order valence-corrected chi connectivity index (χ3v) is 2.33. The van der Waals surface area contributed by atoms with Gasteiger partial charge in [0.15, 0.2) is 0 Å². The molecular formula is C13H14ClN3O2. The van der Waals surface area contributed by atoms with Gasteiger partial charge in [-0.3, -0.25) is 9.97 Å². The fourth-order valence-corrected chi connectivity index (χ4v) is 1.48. The van der Waals surface area contributed by atoms with E-state index in [0.29, 0.717) is 23.6 Å². The largest absolute Gasteiger partial charge is 0.462 e. The van der Waals surface area contributed by atoms with Gasteiger partial charge < -0.3 is 10.5 Å². The Balaban J connectivity index is 0.00000180. The van der Waals surface area contributed by atoms with E-state index < -0.39 is 0 Å².